The van der Waals surface area contributed by atoms with Gasteiger partial charge < -0.3 is 11.1 Å². The highest BCUT2D eigenvalue weighted by Crippen LogP contribution is 2.26. The van der Waals surface area contributed by atoms with Crippen LogP contribution >= 0.6 is 12.2 Å². The van der Waals surface area contributed by atoms with Crippen LogP contribution in [0, 0.1) is 0 Å². The van der Waals surface area contributed by atoms with Crippen LogP contribution in [0.2, 0.25) is 0 Å². The summed E-state index contributed by atoms with van der Waals surface area (Å²) in [4.78, 5) is 8.65. The third-order valence-corrected chi connectivity index (χ3v) is 2.96. The summed E-state index contributed by atoms with van der Waals surface area (Å²) in [7, 11) is 0. The Morgan fingerprint density at radius 3 is 2.58 bits per heavy atom. The zero-order chi connectivity index (χ0) is 13.8. The van der Waals surface area contributed by atoms with Crippen LogP contribution in [-0.4, -0.2) is 15.0 Å². The van der Waals surface area contributed by atoms with Crippen LogP contribution in [-0.2, 0) is 0 Å². The third-order valence-electron chi connectivity index (χ3n) is 2.77. The maximum Gasteiger partial charge on any atom is 0.159 e. The Morgan fingerprint density at radius 2 is 1.89 bits per heavy atom. The van der Waals surface area contributed by atoms with Gasteiger partial charge in [0.05, 0.1) is 0 Å². The highest BCUT2D eigenvalue weighted by atomic mass is 32.1. The minimum atomic E-state index is 0.234. The van der Waals surface area contributed by atoms with Crippen LogP contribution < -0.4 is 11.1 Å². The van der Waals surface area contributed by atoms with Crippen molar-refractivity contribution in [3.05, 3.63) is 47.9 Å². The van der Waals surface area contributed by atoms with E-state index in [-0.39, 0.29) is 4.99 Å². The molecule has 0 bridgehead atoms. The van der Waals surface area contributed by atoms with E-state index in [1.165, 1.54) is 5.56 Å². The van der Waals surface area contributed by atoms with Gasteiger partial charge in [0.15, 0.2) is 5.82 Å². The van der Waals surface area contributed by atoms with Crippen molar-refractivity contribution >= 4 is 28.7 Å². The average Bonchev–Trinajstić information content (AvgIpc) is 2.39. The summed E-state index contributed by atoms with van der Waals surface area (Å²) in [5.74, 6) is 0.997. The lowest BCUT2D eigenvalue weighted by Gasteiger charge is -2.15. The average molecular weight is 272 g/mol. The van der Waals surface area contributed by atoms with Crippen molar-refractivity contribution in [2.45, 2.75) is 19.8 Å². The van der Waals surface area contributed by atoms with Gasteiger partial charge in [-0.3, -0.25) is 0 Å². The summed E-state index contributed by atoms with van der Waals surface area (Å²) >= 11 is 4.99. The maximum atomic E-state index is 5.66. The normalized spacial score (nSPS) is 10.5. The van der Waals surface area contributed by atoms with Gasteiger partial charge in [-0.1, -0.05) is 44.3 Å². The van der Waals surface area contributed by atoms with Crippen LogP contribution in [0.3, 0.4) is 0 Å². The van der Waals surface area contributed by atoms with E-state index in [0.717, 1.165) is 5.69 Å². The van der Waals surface area contributed by atoms with E-state index in [1.54, 1.807) is 12.4 Å². The molecule has 4 nitrogen and oxygen atoms in total. The molecular formula is C14H16N4S. The number of anilines is 2. The zero-order valence-electron chi connectivity index (χ0n) is 10.9. The summed E-state index contributed by atoms with van der Waals surface area (Å²) < 4.78 is 0. The third kappa shape index (κ3) is 3.06. The van der Waals surface area contributed by atoms with Crippen LogP contribution in [0.4, 0.5) is 11.5 Å². The molecule has 0 amide bonds. The summed E-state index contributed by atoms with van der Waals surface area (Å²) in [6.45, 7) is 4.29. The lowest BCUT2D eigenvalue weighted by atomic mass is 10.0. The standard InChI is InChI=1S/C14H16N4S/c1-9(2)10-5-3-4-6-11(10)18-14-12(13(15)19)16-7-8-17-14/h3-9H,1-2H3,(H2,15,19)(H,17,18). The molecule has 2 aromatic rings. The molecule has 0 aliphatic heterocycles. The number of hydrogen-bond donors (Lipinski definition) is 2. The van der Waals surface area contributed by atoms with Gasteiger partial charge in [-0.15, -0.1) is 0 Å². The molecule has 0 saturated carbocycles. The Morgan fingerprint density at radius 1 is 1.21 bits per heavy atom. The van der Waals surface area contributed by atoms with Gasteiger partial charge >= 0.3 is 0 Å². The number of nitrogens with one attached hydrogen (secondary N) is 1. The Labute approximate surface area is 118 Å². The fourth-order valence-corrected chi connectivity index (χ4v) is 2.00. The Hall–Kier alpha value is -2.01. The van der Waals surface area contributed by atoms with Gasteiger partial charge in [0.2, 0.25) is 0 Å². The monoisotopic (exact) mass is 272 g/mol. The molecule has 1 heterocycles. The second kappa shape index (κ2) is 5.75. The number of nitrogens with zero attached hydrogens (tertiary/aromatic N) is 2. The van der Waals surface area contributed by atoms with Crippen molar-refractivity contribution in [2.75, 3.05) is 5.32 Å². The minimum Gasteiger partial charge on any atom is -0.388 e. The van der Waals surface area contributed by atoms with E-state index in [4.69, 9.17) is 18.0 Å². The summed E-state index contributed by atoms with van der Waals surface area (Å²) in [5, 5.41) is 3.26. The minimum absolute atomic E-state index is 0.234. The molecule has 3 N–H and O–H groups in total. The molecule has 0 spiro atoms. The molecule has 0 radical (unpaired) electrons. The molecule has 1 aromatic heterocycles. The van der Waals surface area contributed by atoms with Gasteiger partial charge in [-0.05, 0) is 17.5 Å². The lowest BCUT2D eigenvalue weighted by molar-refractivity contribution is 0.869. The molecule has 1 aromatic carbocycles. The zero-order valence-corrected chi connectivity index (χ0v) is 11.7. The second-order valence-electron chi connectivity index (χ2n) is 4.48. The first kappa shape index (κ1) is 13.4. The molecular weight excluding hydrogens is 256 g/mol. The van der Waals surface area contributed by atoms with Crippen LogP contribution in [0.5, 0.6) is 0 Å². The first-order valence-corrected chi connectivity index (χ1v) is 6.47. The van der Waals surface area contributed by atoms with Crippen molar-refractivity contribution in [2.24, 2.45) is 5.73 Å². The predicted molar refractivity (Wildman–Crippen MR) is 81.7 cm³/mol. The Kier molecular flexibility index (Phi) is 4.06. The number of benzene rings is 1. The molecule has 0 aliphatic rings. The van der Waals surface area contributed by atoms with Crippen molar-refractivity contribution < 1.29 is 0 Å². The molecule has 98 valence electrons. The number of para-hydroxylation sites is 1. The highest BCUT2D eigenvalue weighted by molar-refractivity contribution is 7.80. The number of aromatic nitrogens is 2. The van der Waals surface area contributed by atoms with Crippen LogP contribution in [0.1, 0.15) is 31.0 Å². The number of hydrogen-bond acceptors (Lipinski definition) is 4. The van der Waals surface area contributed by atoms with Crippen molar-refractivity contribution in [3.63, 3.8) is 0 Å². The van der Waals surface area contributed by atoms with Gasteiger partial charge in [-0.2, -0.15) is 0 Å². The predicted octanol–water partition coefficient (Wildman–Crippen LogP) is 2.98. The van der Waals surface area contributed by atoms with Crippen molar-refractivity contribution in [1.82, 2.24) is 9.97 Å². The van der Waals surface area contributed by atoms with E-state index in [9.17, 15) is 0 Å². The highest BCUT2D eigenvalue weighted by Gasteiger charge is 2.11. The molecule has 0 fully saturated rings. The largest absolute Gasteiger partial charge is 0.388 e. The molecule has 0 unspecified atom stereocenters. The summed E-state index contributed by atoms with van der Waals surface area (Å²) in [6, 6.07) is 8.09. The molecule has 2 rings (SSSR count). The molecule has 0 aliphatic carbocycles. The van der Waals surface area contributed by atoms with Gasteiger partial charge in [-0.25, -0.2) is 9.97 Å². The number of rotatable bonds is 4. The van der Waals surface area contributed by atoms with Crippen LogP contribution in [0.15, 0.2) is 36.7 Å². The first-order valence-electron chi connectivity index (χ1n) is 6.06. The fourth-order valence-electron chi connectivity index (χ4n) is 1.85. The second-order valence-corrected chi connectivity index (χ2v) is 4.92. The van der Waals surface area contributed by atoms with Gasteiger partial charge in [0, 0.05) is 18.1 Å². The maximum absolute atomic E-state index is 5.66. The number of nitrogens with two attached hydrogens (primary N) is 1. The van der Waals surface area contributed by atoms with Crippen molar-refractivity contribution in [3.8, 4) is 0 Å². The lowest BCUT2D eigenvalue weighted by Crippen LogP contribution is -2.15. The summed E-state index contributed by atoms with van der Waals surface area (Å²) in [6.07, 6.45) is 3.19. The smallest absolute Gasteiger partial charge is 0.159 e. The van der Waals surface area contributed by atoms with Crippen LogP contribution in [0.25, 0.3) is 0 Å². The molecule has 0 atom stereocenters. The van der Waals surface area contributed by atoms with E-state index >= 15 is 0 Å². The van der Waals surface area contributed by atoms with E-state index < -0.39 is 0 Å². The number of thiocarbonyl (C=S) groups is 1. The van der Waals surface area contributed by atoms with Gasteiger partial charge in [0.25, 0.3) is 0 Å². The van der Waals surface area contributed by atoms with Gasteiger partial charge in [0.1, 0.15) is 10.7 Å². The molecule has 0 saturated heterocycles. The topological polar surface area (TPSA) is 63.8 Å². The quantitative estimate of drug-likeness (QED) is 0.838. The summed E-state index contributed by atoms with van der Waals surface area (Å²) in [5.41, 5.74) is 8.37. The first-order chi connectivity index (χ1) is 9.09. The molecule has 5 heteroatoms. The van der Waals surface area contributed by atoms with E-state index in [2.05, 4.69) is 35.2 Å². The van der Waals surface area contributed by atoms with Crippen molar-refractivity contribution in [1.29, 1.82) is 0 Å². The van der Waals surface area contributed by atoms with E-state index in [0.29, 0.717) is 17.4 Å². The molecule has 19 heavy (non-hydrogen) atoms. The Balaban J connectivity index is 2.39. The fraction of sp³-hybridized carbons (Fsp3) is 0.214. The van der Waals surface area contributed by atoms with E-state index in [1.807, 2.05) is 18.2 Å². The Bertz CT molecular complexity index is 596. The SMILES string of the molecule is CC(C)c1ccccc1Nc1nccnc1C(N)=S.